The number of carboxylic acids is 1. The average molecular weight is 392 g/mol. The van der Waals surface area contributed by atoms with Crippen LogP contribution < -0.4 is 0 Å². The van der Waals surface area contributed by atoms with Gasteiger partial charge in [-0.25, -0.2) is 0 Å². The van der Waals surface area contributed by atoms with Crippen molar-refractivity contribution in [3.05, 3.63) is 25.7 Å². The van der Waals surface area contributed by atoms with Crippen LogP contribution in [0.4, 0.5) is 0 Å². The van der Waals surface area contributed by atoms with E-state index >= 15 is 0 Å². The molecule has 1 aliphatic rings. The summed E-state index contributed by atoms with van der Waals surface area (Å²) < 4.78 is 1.49. The smallest absolute Gasteiger partial charge is 0.303 e. The van der Waals surface area contributed by atoms with Crippen LogP contribution in [0.25, 0.3) is 6.08 Å². The lowest BCUT2D eigenvalue weighted by Crippen LogP contribution is -2.29. The second-order valence-corrected chi connectivity index (χ2v) is 8.14. The largest absolute Gasteiger partial charge is 0.481 e. The van der Waals surface area contributed by atoms with Gasteiger partial charge in [0.25, 0.3) is 5.91 Å². The molecule has 106 valence electrons. The Morgan fingerprint density at radius 2 is 2.25 bits per heavy atom. The van der Waals surface area contributed by atoms with Gasteiger partial charge in [0, 0.05) is 17.8 Å². The topological polar surface area (TPSA) is 57.6 Å². The highest BCUT2D eigenvalue weighted by Gasteiger charge is 2.31. The molecule has 1 aromatic rings. The predicted molar refractivity (Wildman–Crippen MR) is 88.8 cm³/mol. The first kappa shape index (κ1) is 15.7. The molecule has 0 aliphatic carbocycles. The van der Waals surface area contributed by atoms with E-state index in [1.54, 1.807) is 0 Å². The van der Waals surface area contributed by atoms with Crippen molar-refractivity contribution in [1.29, 1.82) is 0 Å². The average Bonchev–Trinajstić information content (AvgIpc) is 2.88. The summed E-state index contributed by atoms with van der Waals surface area (Å²) in [6, 6.07) is 3.84. The molecule has 4 nitrogen and oxygen atoms in total. The van der Waals surface area contributed by atoms with Crippen molar-refractivity contribution < 1.29 is 14.7 Å². The Labute approximate surface area is 138 Å². The van der Waals surface area contributed by atoms with Crippen LogP contribution >= 0.6 is 51.2 Å². The first-order valence-electron chi connectivity index (χ1n) is 5.70. The molecular weight excluding hydrogens is 382 g/mol. The third kappa shape index (κ3) is 3.91. The van der Waals surface area contributed by atoms with Gasteiger partial charge in [-0.15, -0.1) is 11.3 Å². The van der Waals surface area contributed by atoms with E-state index in [0.717, 1.165) is 8.66 Å². The van der Waals surface area contributed by atoms with Gasteiger partial charge >= 0.3 is 5.97 Å². The fraction of sp³-hybridized carbons (Fsp3) is 0.250. The first-order chi connectivity index (χ1) is 9.47. The van der Waals surface area contributed by atoms with E-state index in [1.165, 1.54) is 28.0 Å². The zero-order valence-electron chi connectivity index (χ0n) is 10.2. The van der Waals surface area contributed by atoms with E-state index in [4.69, 9.17) is 17.3 Å². The van der Waals surface area contributed by atoms with Gasteiger partial charge in [0.15, 0.2) is 0 Å². The second kappa shape index (κ2) is 6.84. The van der Waals surface area contributed by atoms with Crippen molar-refractivity contribution in [3.63, 3.8) is 0 Å². The van der Waals surface area contributed by atoms with Gasteiger partial charge in [-0.3, -0.25) is 14.5 Å². The summed E-state index contributed by atoms with van der Waals surface area (Å²) in [5.41, 5.74) is 0. The quantitative estimate of drug-likeness (QED) is 0.613. The Morgan fingerprint density at radius 1 is 1.50 bits per heavy atom. The van der Waals surface area contributed by atoms with Gasteiger partial charge in [0.05, 0.1) is 8.69 Å². The number of thiophene rings is 1. The van der Waals surface area contributed by atoms with Crippen molar-refractivity contribution >= 4 is 73.5 Å². The molecule has 0 bridgehead atoms. The SMILES string of the molecule is O=C(O)CCCN1C(=O)C(=Cc2ccc(Br)s2)SC1=S. The minimum absolute atomic E-state index is 0.0357. The molecule has 0 radical (unpaired) electrons. The van der Waals surface area contributed by atoms with Crippen LogP contribution in [0.15, 0.2) is 20.8 Å². The summed E-state index contributed by atoms with van der Waals surface area (Å²) in [6.45, 7) is 0.350. The van der Waals surface area contributed by atoms with Gasteiger partial charge in [0.2, 0.25) is 0 Å². The summed E-state index contributed by atoms with van der Waals surface area (Å²) in [4.78, 5) is 25.7. The summed E-state index contributed by atoms with van der Waals surface area (Å²) in [6.07, 6.45) is 2.25. The molecule has 1 aliphatic heterocycles. The number of aliphatic carboxylic acids is 1. The van der Waals surface area contributed by atoms with Gasteiger partial charge in [-0.2, -0.15) is 0 Å². The zero-order chi connectivity index (χ0) is 14.7. The number of amides is 1. The summed E-state index contributed by atoms with van der Waals surface area (Å²) >= 11 is 11.3. The zero-order valence-corrected chi connectivity index (χ0v) is 14.2. The van der Waals surface area contributed by atoms with Crippen molar-refractivity contribution in [2.24, 2.45) is 0 Å². The molecule has 0 atom stereocenters. The first-order valence-corrected chi connectivity index (χ1v) is 8.53. The van der Waals surface area contributed by atoms with Crippen LogP contribution in [0, 0.1) is 0 Å². The number of hydrogen-bond acceptors (Lipinski definition) is 5. The molecule has 20 heavy (non-hydrogen) atoms. The number of rotatable bonds is 5. The molecule has 2 rings (SSSR count). The molecule has 0 aromatic carbocycles. The Hall–Kier alpha value is -0.700. The van der Waals surface area contributed by atoms with Crippen molar-refractivity contribution in [1.82, 2.24) is 4.90 Å². The summed E-state index contributed by atoms with van der Waals surface area (Å²) in [5, 5.41) is 8.61. The normalized spacial score (nSPS) is 17.2. The van der Waals surface area contributed by atoms with Crippen LogP contribution in [0.3, 0.4) is 0 Å². The maximum atomic E-state index is 12.2. The van der Waals surface area contributed by atoms with Crippen LogP contribution in [-0.4, -0.2) is 32.7 Å². The van der Waals surface area contributed by atoms with E-state index in [-0.39, 0.29) is 12.3 Å². The van der Waals surface area contributed by atoms with Gasteiger partial charge in [0.1, 0.15) is 4.32 Å². The Morgan fingerprint density at radius 3 is 2.85 bits per heavy atom. The van der Waals surface area contributed by atoms with Crippen LogP contribution in [0.1, 0.15) is 17.7 Å². The Kier molecular flexibility index (Phi) is 5.36. The van der Waals surface area contributed by atoms with E-state index in [2.05, 4.69) is 15.9 Å². The number of carboxylic acid groups (broad SMARTS) is 1. The molecule has 0 unspecified atom stereocenters. The standard InChI is InChI=1S/C12H10BrNO3S3/c13-9-4-3-7(19-9)6-8-11(17)14(12(18)20-8)5-1-2-10(15)16/h3-4,6H,1-2,5H2,(H,15,16). The Bertz CT molecular complexity index is 597. The molecule has 2 heterocycles. The molecule has 0 saturated carbocycles. The molecule has 1 fully saturated rings. The molecule has 1 N–H and O–H groups in total. The number of thioether (sulfide) groups is 1. The summed E-state index contributed by atoms with van der Waals surface area (Å²) in [7, 11) is 0. The van der Waals surface area contributed by atoms with Gasteiger partial charge in [-0.05, 0) is 40.6 Å². The molecule has 8 heteroatoms. The van der Waals surface area contributed by atoms with E-state index in [9.17, 15) is 9.59 Å². The molecule has 1 saturated heterocycles. The molecule has 0 spiro atoms. The molecular formula is C12H10BrNO3S3. The third-order valence-corrected chi connectivity index (χ3v) is 5.46. The van der Waals surface area contributed by atoms with Crippen LogP contribution in [-0.2, 0) is 9.59 Å². The monoisotopic (exact) mass is 391 g/mol. The second-order valence-electron chi connectivity index (χ2n) is 3.97. The number of nitrogens with zero attached hydrogens (tertiary/aromatic N) is 1. The van der Waals surface area contributed by atoms with Crippen LogP contribution in [0.5, 0.6) is 0 Å². The minimum atomic E-state index is -0.866. The molecule has 1 aromatic heterocycles. The number of carbonyl (C=O) groups is 2. The third-order valence-electron chi connectivity index (χ3n) is 2.51. The van der Waals surface area contributed by atoms with E-state index < -0.39 is 5.97 Å². The van der Waals surface area contributed by atoms with Gasteiger partial charge < -0.3 is 5.11 Å². The Balaban J connectivity index is 2.04. The molecule has 1 amide bonds. The van der Waals surface area contributed by atoms with Crippen LogP contribution in [0.2, 0.25) is 0 Å². The number of carbonyl (C=O) groups excluding carboxylic acids is 1. The highest BCUT2D eigenvalue weighted by molar-refractivity contribution is 9.11. The lowest BCUT2D eigenvalue weighted by atomic mass is 10.3. The van der Waals surface area contributed by atoms with Crippen molar-refractivity contribution in [2.45, 2.75) is 12.8 Å². The van der Waals surface area contributed by atoms with Crippen molar-refractivity contribution in [2.75, 3.05) is 6.54 Å². The number of halogens is 1. The number of hydrogen-bond donors (Lipinski definition) is 1. The number of thiocarbonyl (C=S) groups is 1. The van der Waals surface area contributed by atoms with E-state index in [1.807, 2.05) is 18.2 Å². The lowest BCUT2D eigenvalue weighted by molar-refractivity contribution is -0.137. The summed E-state index contributed by atoms with van der Waals surface area (Å²) in [5.74, 6) is -1.01. The highest BCUT2D eigenvalue weighted by atomic mass is 79.9. The maximum Gasteiger partial charge on any atom is 0.303 e. The van der Waals surface area contributed by atoms with Gasteiger partial charge in [-0.1, -0.05) is 24.0 Å². The highest BCUT2D eigenvalue weighted by Crippen LogP contribution is 2.34. The fourth-order valence-corrected chi connectivity index (χ4v) is 4.36. The lowest BCUT2D eigenvalue weighted by Gasteiger charge is -2.13. The van der Waals surface area contributed by atoms with E-state index in [0.29, 0.717) is 22.2 Å². The maximum absolute atomic E-state index is 12.2. The minimum Gasteiger partial charge on any atom is -0.481 e. The predicted octanol–water partition coefficient (Wildman–Crippen LogP) is 3.58. The van der Waals surface area contributed by atoms with Crippen molar-refractivity contribution in [3.8, 4) is 0 Å². The fourth-order valence-electron chi connectivity index (χ4n) is 1.62.